The summed E-state index contributed by atoms with van der Waals surface area (Å²) in [4.78, 5) is 3.99. The van der Waals surface area contributed by atoms with E-state index in [0.29, 0.717) is 0 Å². The van der Waals surface area contributed by atoms with E-state index in [4.69, 9.17) is 5.11 Å². The van der Waals surface area contributed by atoms with Gasteiger partial charge in [0, 0.05) is 19.0 Å². The van der Waals surface area contributed by atoms with Crippen molar-refractivity contribution in [2.75, 3.05) is 6.61 Å². The Bertz CT molecular complexity index is 223. The fourth-order valence-electron chi connectivity index (χ4n) is 1.05. The molecule has 11 heavy (non-hydrogen) atoms. The topological polar surface area (TPSA) is 33.1 Å². The van der Waals surface area contributed by atoms with Crippen LogP contribution in [-0.4, -0.2) is 16.7 Å². The van der Waals surface area contributed by atoms with E-state index in [-0.39, 0.29) is 6.61 Å². The van der Waals surface area contributed by atoms with Crippen LogP contribution in [0.3, 0.4) is 0 Å². The Balaban J connectivity index is 2.62. The van der Waals surface area contributed by atoms with Crippen LogP contribution in [0.5, 0.6) is 0 Å². The van der Waals surface area contributed by atoms with Crippen molar-refractivity contribution in [1.29, 1.82) is 0 Å². The van der Waals surface area contributed by atoms with Gasteiger partial charge in [-0.2, -0.15) is 0 Å². The van der Waals surface area contributed by atoms with Gasteiger partial charge in [0.1, 0.15) is 0 Å². The van der Waals surface area contributed by atoms with Crippen molar-refractivity contribution in [3.05, 3.63) is 29.6 Å². The average molecular weight is 151 g/mol. The van der Waals surface area contributed by atoms with Crippen molar-refractivity contribution in [2.45, 2.75) is 19.8 Å². The quantitative estimate of drug-likeness (QED) is 0.706. The molecule has 0 aliphatic heterocycles. The second-order valence-electron chi connectivity index (χ2n) is 2.63. The Morgan fingerprint density at radius 2 is 2.36 bits per heavy atom. The summed E-state index contributed by atoms with van der Waals surface area (Å²) >= 11 is 0. The molecule has 0 spiro atoms. The van der Waals surface area contributed by atoms with Gasteiger partial charge in [-0.05, 0) is 37.0 Å². The van der Waals surface area contributed by atoms with Crippen LogP contribution in [0.15, 0.2) is 18.5 Å². The van der Waals surface area contributed by atoms with Crippen LogP contribution in [0.4, 0.5) is 0 Å². The number of aryl methyl sites for hydroxylation is 2. The number of aromatic nitrogens is 1. The first-order chi connectivity index (χ1) is 5.34. The summed E-state index contributed by atoms with van der Waals surface area (Å²) in [5.41, 5.74) is 2.50. The van der Waals surface area contributed by atoms with Gasteiger partial charge in [-0.3, -0.25) is 4.98 Å². The number of hydrogen-bond acceptors (Lipinski definition) is 2. The van der Waals surface area contributed by atoms with E-state index in [1.807, 2.05) is 19.2 Å². The minimum Gasteiger partial charge on any atom is -0.396 e. The Labute approximate surface area is 66.9 Å². The Hall–Kier alpha value is -0.890. The van der Waals surface area contributed by atoms with Crippen LogP contribution < -0.4 is 0 Å². The monoisotopic (exact) mass is 151 g/mol. The van der Waals surface area contributed by atoms with Crippen LogP contribution >= 0.6 is 0 Å². The largest absolute Gasteiger partial charge is 0.396 e. The van der Waals surface area contributed by atoms with Gasteiger partial charge < -0.3 is 5.11 Å². The predicted octanol–water partition coefficient (Wildman–Crippen LogP) is 1.31. The zero-order chi connectivity index (χ0) is 8.10. The van der Waals surface area contributed by atoms with Gasteiger partial charge in [0.25, 0.3) is 0 Å². The number of hydrogen-bond donors (Lipinski definition) is 1. The molecule has 60 valence electrons. The maximum Gasteiger partial charge on any atom is 0.0434 e. The highest BCUT2D eigenvalue weighted by molar-refractivity contribution is 5.21. The van der Waals surface area contributed by atoms with Crippen molar-refractivity contribution in [3.8, 4) is 0 Å². The molecule has 0 amide bonds. The molecule has 1 aromatic heterocycles. The van der Waals surface area contributed by atoms with Gasteiger partial charge in [0.2, 0.25) is 0 Å². The van der Waals surface area contributed by atoms with Gasteiger partial charge in [-0.15, -0.1) is 0 Å². The summed E-state index contributed by atoms with van der Waals surface area (Å²) in [5.74, 6) is 0. The lowest BCUT2D eigenvalue weighted by molar-refractivity contribution is 0.288. The Morgan fingerprint density at radius 1 is 1.55 bits per heavy atom. The molecule has 1 heterocycles. The van der Waals surface area contributed by atoms with Crippen molar-refractivity contribution in [1.82, 2.24) is 4.98 Å². The molecule has 0 radical (unpaired) electrons. The lowest BCUT2D eigenvalue weighted by Crippen LogP contribution is -1.92. The third kappa shape index (κ3) is 2.31. The lowest BCUT2D eigenvalue weighted by Gasteiger charge is -2.01. The van der Waals surface area contributed by atoms with Crippen molar-refractivity contribution < 1.29 is 5.11 Å². The molecule has 2 heteroatoms. The highest BCUT2D eigenvalue weighted by Crippen LogP contribution is 2.06. The summed E-state index contributed by atoms with van der Waals surface area (Å²) in [6.45, 7) is 2.31. The van der Waals surface area contributed by atoms with E-state index >= 15 is 0 Å². The minimum absolute atomic E-state index is 0.266. The van der Waals surface area contributed by atoms with Gasteiger partial charge in [0.05, 0.1) is 0 Å². The number of aliphatic hydroxyl groups excluding tert-OH is 1. The van der Waals surface area contributed by atoms with Crippen LogP contribution in [0.1, 0.15) is 17.5 Å². The first-order valence-electron chi connectivity index (χ1n) is 3.85. The molecular weight excluding hydrogens is 138 g/mol. The van der Waals surface area contributed by atoms with Crippen LogP contribution in [0.25, 0.3) is 0 Å². The molecule has 0 saturated carbocycles. The Kier molecular flexibility index (Phi) is 3.05. The molecule has 1 rings (SSSR count). The molecule has 0 aliphatic carbocycles. The summed E-state index contributed by atoms with van der Waals surface area (Å²) in [6.07, 6.45) is 5.43. The number of nitrogens with zero attached hydrogens (tertiary/aromatic N) is 1. The number of pyridine rings is 1. The van der Waals surface area contributed by atoms with E-state index < -0.39 is 0 Å². The summed E-state index contributed by atoms with van der Waals surface area (Å²) in [5, 5.41) is 8.60. The molecule has 1 N–H and O–H groups in total. The van der Waals surface area contributed by atoms with Crippen LogP contribution in [0.2, 0.25) is 0 Å². The third-order valence-electron chi connectivity index (χ3n) is 1.74. The smallest absolute Gasteiger partial charge is 0.0434 e. The van der Waals surface area contributed by atoms with Crippen LogP contribution in [0, 0.1) is 6.92 Å². The molecule has 0 bridgehead atoms. The maximum atomic E-state index is 8.60. The number of aliphatic hydroxyl groups is 1. The van der Waals surface area contributed by atoms with Gasteiger partial charge >= 0.3 is 0 Å². The number of rotatable bonds is 3. The van der Waals surface area contributed by atoms with Gasteiger partial charge in [0.15, 0.2) is 0 Å². The predicted molar refractivity (Wildman–Crippen MR) is 44.4 cm³/mol. The minimum atomic E-state index is 0.266. The molecule has 0 unspecified atom stereocenters. The standard InChI is InChI=1S/C9H13NO/c1-8-7-10-5-4-9(8)3-2-6-11/h4-5,7,11H,2-3,6H2,1H3. The van der Waals surface area contributed by atoms with Gasteiger partial charge in [-0.1, -0.05) is 0 Å². The highest BCUT2D eigenvalue weighted by Gasteiger charge is 1.95. The molecule has 0 atom stereocenters. The van der Waals surface area contributed by atoms with Gasteiger partial charge in [-0.25, -0.2) is 0 Å². The average Bonchev–Trinajstić information content (AvgIpc) is 2.03. The zero-order valence-electron chi connectivity index (χ0n) is 6.75. The van der Waals surface area contributed by atoms with E-state index in [1.165, 1.54) is 11.1 Å². The Morgan fingerprint density at radius 3 is 3.00 bits per heavy atom. The fourth-order valence-corrected chi connectivity index (χ4v) is 1.05. The van der Waals surface area contributed by atoms with Crippen molar-refractivity contribution in [2.24, 2.45) is 0 Å². The molecular formula is C9H13NO. The summed E-state index contributed by atoms with van der Waals surface area (Å²) in [7, 11) is 0. The SMILES string of the molecule is Cc1cnccc1CCCO. The van der Waals surface area contributed by atoms with E-state index in [1.54, 1.807) is 6.20 Å². The van der Waals surface area contributed by atoms with Crippen molar-refractivity contribution in [3.63, 3.8) is 0 Å². The fraction of sp³-hybridized carbons (Fsp3) is 0.444. The summed E-state index contributed by atoms with van der Waals surface area (Å²) in [6, 6.07) is 2.00. The highest BCUT2D eigenvalue weighted by atomic mass is 16.2. The second kappa shape index (κ2) is 4.09. The third-order valence-corrected chi connectivity index (χ3v) is 1.74. The zero-order valence-corrected chi connectivity index (χ0v) is 6.75. The molecule has 2 nitrogen and oxygen atoms in total. The molecule has 0 aliphatic rings. The normalized spacial score (nSPS) is 10.0. The second-order valence-corrected chi connectivity index (χ2v) is 2.63. The van der Waals surface area contributed by atoms with E-state index in [2.05, 4.69) is 4.98 Å². The molecule has 0 saturated heterocycles. The maximum absolute atomic E-state index is 8.60. The van der Waals surface area contributed by atoms with E-state index in [9.17, 15) is 0 Å². The molecule has 0 aromatic carbocycles. The molecule has 0 fully saturated rings. The van der Waals surface area contributed by atoms with Crippen LogP contribution in [-0.2, 0) is 6.42 Å². The lowest BCUT2D eigenvalue weighted by atomic mass is 10.1. The summed E-state index contributed by atoms with van der Waals surface area (Å²) < 4.78 is 0. The first-order valence-corrected chi connectivity index (χ1v) is 3.85. The molecule has 1 aromatic rings. The van der Waals surface area contributed by atoms with Crippen molar-refractivity contribution >= 4 is 0 Å². The first kappa shape index (κ1) is 8.21. The van der Waals surface area contributed by atoms with E-state index in [0.717, 1.165) is 12.8 Å².